The molecule has 9 heteroatoms. The van der Waals surface area contributed by atoms with Gasteiger partial charge in [-0.2, -0.15) is 10.2 Å². The quantitative estimate of drug-likeness (QED) is 0.159. The highest BCUT2D eigenvalue weighted by atomic mass is 32.1. The van der Waals surface area contributed by atoms with Gasteiger partial charge in [0.1, 0.15) is 10.6 Å². The number of hydrazone groups is 1. The van der Waals surface area contributed by atoms with Crippen LogP contribution in [0.2, 0.25) is 0 Å². The first-order chi connectivity index (χ1) is 18.9. The molecule has 0 saturated heterocycles. The summed E-state index contributed by atoms with van der Waals surface area (Å²) in [5, 5.41) is 9.76. The minimum atomic E-state index is -0.405. The highest BCUT2D eigenvalue weighted by Gasteiger charge is 2.21. The molecule has 1 N–H and O–H groups in total. The number of para-hydroxylation sites is 1. The molecule has 39 heavy (non-hydrogen) atoms. The molecule has 0 fully saturated rings. The van der Waals surface area contributed by atoms with Gasteiger partial charge in [0.25, 0.3) is 5.91 Å². The summed E-state index contributed by atoms with van der Waals surface area (Å²) in [6, 6.07) is 22.6. The maximum atomic E-state index is 13.4. The Kier molecular flexibility index (Phi) is 6.12. The number of aromatic nitrogens is 3. The van der Waals surface area contributed by atoms with Gasteiger partial charge in [-0.1, -0.05) is 24.3 Å². The lowest BCUT2D eigenvalue weighted by atomic mass is 10.0. The van der Waals surface area contributed by atoms with E-state index in [9.17, 15) is 14.0 Å². The Labute approximate surface area is 226 Å². The summed E-state index contributed by atoms with van der Waals surface area (Å²) < 4.78 is 17.0. The third-order valence-electron chi connectivity index (χ3n) is 6.59. The van der Waals surface area contributed by atoms with Crippen molar-refractivity contribution in [3.8, 4) is 5.69 Å². The molecule has 4 aromatic heterocycles. The van der Waals surface area contributed by atoms with Crippen molar-refractivity contribution in [3.05, 3.63) is 124 Å². The smallest absolute Gasteiger partial charge is 0.281 e. The molecule has 0 atom stereocenters. The zero-order valence-electron chi connectivity index (χ0n) is 21.1. The average molecular weight is 536 g/mol. The third kappa shape index (κ3) is 4.32. The average Bonchev–Trinajstić information content (AvgIpc) is 3.61. The number of pyridine rings is 1. The number of ketones is 1. The van der Waals surface area contributed by atoms with E-state index in [1.54, 1.807) is 16.8 Å². The van der Waals surface area contributed by atoms with Gasteiger partial charge in [0.2, 0.25) is 5.78 Å². The molecule has 0 aliphatic heterocycles. The summed E-state index contributed by atoms with van der Waals surface area (Å²) in [6.45, 7) is 3.75. The van der Waals surface area contributed by atoms with Gasteiger partial charge in [0, 0.05) is 22.7 Å². The van der Waals surface area contributed by atoms with Crippen LogP contribution in [0.5, 0.6) is 0 Å². The Morgan fingerprint density at radius 2 is 1.74 bits per heavy atom. The van der Waals surface area contributed by atoms with Crippen LogP contribution in [0.3, 0.4) is 0 Å². The highest BCUT2D eigenvalue weighted by molar-refractivity contribution is 7.20. The topological polar surface area (TPSA) is 80.8 Å². The van der Waals surface area contributed by atoms with E-state index in [4.69, 9.17) is 0 Å². The first kappa shape index (κ1) is 24.4. The summed E-state index contributed by atoms with van der Waals surface area (Å²) in [6.07, 6.45) is 3.35. The number of aryl methyl sites for hydroxylation is 1. The van der Waals surface area contributed by atoms with Crippen molar-refractivity contribution in [1.82, 2.24) is 19.6 Å². The van der Waals surface area contributed by atoms with E-state index in [1.165, 1.54) is 35.6 Å². The lowest BCUT2D eigenvalue weighted by molar-refractivity contribution is 0.0958. The fourth-order valence-corrected chi connectivity index (χ4v) is 5.73. The van der Waals surface area contributed by atoms with Gasteiger partial charge in [-0.15, -0.1) is 11.3 Å². The Morgan fingerprint density at radius 1 is 1.00 bits per heavy atom. The van der Waals surface area contributed by atoms with Crippen molar-refractivity contribution in [2.75, 3.05) is 0 Å². The number of hydrogen-bond acceptors (Lipinski definition) is 5. The second-order valence-corrected chi connectivity index (χ2v) is 10.1. The van der Waals surface area contributed by atoms with Crippen molar-refractivity contribution < 1.29 is 14.0 Å². The van der Waals surface area contributed by atoms with Crippen LogP contribution in [0, 0.1) is 19.7 Å². The molecule has 0 aliphatic rings. The van der Waals surface area contributed by atoms with Crippen molar-refractivity contribution in [1.29, 1.82) is 0 Å². The second-order valence-electron chi connectivity index (χ2n) is 9.04. The van der Waals surface area contributed by atoms with Gasteiger partial charge in [-0.3, -0.25) is 9.59 Å². The number of halogens is 1. The Morgan fingerprint density at radius 3 is 2.51 bits per heavy atom. The van der Waals surface area contributed by atoms with E-state index in [1.807, 2.05) is 73.1 Å². The molecule has 4 heterocycles. The second kappa shape index (κ2) is 9.77. The summed E-state index contributed by atoms with van der Waals surface area (Å²) in [4.78, 5) is 27.7. The van der Waals surface area contributed by atoms with Crippen LogP contribution in [0.25, 0.3) is 21.4 Å². The minimum absolute atomic E-state index is 0.231. The maximum absolute atomic E-state index is 13.4. The number of benzene rings is 2. The number of rotatable bonds is 6. The molecule has 7 nitrogen and oxygen atoms in total. The summed E-state index contributed by atoms with van der Waals surface area (Å²) in [5.41, 5.74) is 7.38. The predicted molar refractivity (Wildman–Crippen MR) is 151 cm³/mol. The fraction of sp³-hybridized carbons (Fsp3) is 0.0667. The van der Waals surface area contributed by atoms with E-state index in [2.05, 4.69) is 15.6 Å². The number of nitrogens with one attached hydrogen (secondary N) is 1. The molecular formula is C30H22FN5O2S. The molecule has 0 bridgehead atoms. The van der Waals surface area contributed by atoms with Crippen LogP contribution in [0.15, 0.2) is 90.2 Å². The van der Waals surface area contributed by atoms with E-state index in [-0.39, 0.29) is 11.7 Å². The number of amides is 1. The number of fused-ring (bicyclic) bond motifs is 2. The van der Waals surface area contributed by atoms with Gasteiger partial charge in [-0.25, -0.2) is 14.5 Å². The minimum Gasteiger partial charge on any atom is -0.313 e. The molecule has 6 aromatic rings. The van der Waals surface area contributed by atoms with Crippen LogP contribution in [-0.2, 0) is 0 Å². The SMILES string of the molecule is Cc1c(/C=N/NC(=O)c2cc3c(C)nn(-c4ccccc4)c3s2)c2ccccn2c1C(=O)c1ccc(F)cc1. The molecule has 6 rings (SSSR count). The fourth-order valence-electron chi connectivity index (χ4n) is 4.65. The molecular weight excluding hydrogens is 513 g/mol. The Balaban J connectivity index is 1.29. The van der Waals surface area contributed by atoms with Crippen LogP contribution < -0.4 is 5.43 Å². The van der Waals surface area contributed by atoms with Crippen molar-refractivity contribution in [2.45, 2.75) is 13.8 Å². The van der Waals surface area contributed by atoms with Crippen molar-refractivity contribution in [3.63, 3.8) is 0 Å². The number of hydrogen-bond donors (Lipinski definition) is 1. The third-order valence-corrected chi connectivity index (χ3v) is 7.70. The van der Waals surface area contributed by atoms with Gasteiger partial charge < -0.3 is 4.40 Å². The summed E-state index contributed by atoms with van der Waals surface area (Å²) >= 11 is 1.35. The number of nitrogens with zero attached hydrogens (tertiary/aromatic N) is 4. The summed E-state index contributed by atoms with van der Waals surface area (Å²) in [7, 11) is 0. The lowest BCUT2D eigenvalue weighted by Gasteiger charge is -2.04. The van der Waals surface area contributed by atoms with Crippen LogP contribution in [0.1, 0.15) is 42.5 Å². The lowest BCUT2D eigenvalue weighted by Crippen LogP contribution is -2.16. The number of carbonyl (C=O) groups is 2. The van der Waals surface area contributed by atoms with Crippen LogP contribution >= 0.6 is 11.3 Å². The molecule has 1 amide bonds. The van der Waals surface area contributed by atoms with Crippen molar-refractivity contribution in [2.24, 2.45) is 5.10 Å². The standard InChI is InChI=1S/C30H22FN5O2S/c1-18-24(25-10-6-7-15-35(25)27(18)28(37)20-11-13-21(31)14-12-20)17-32-33-29(38)26-16-23-19(2)34-36(30(23)39-26)22-8-4-3-5-9-22/h3-17H,1-2H3,(H,33,38)/b32-17+. The molecule has 2 aromatic carbocycles. The molecule has 0 unspecified atom stereocenters. The zero-order chi connectivity index (χ0) is 27.1. The molecule has 0 aliphatic carbocycles. The van der Waals surface area contributed by atoms with Gasteiger partial charge >= 0.3 is 0 Å². The number of thiophene rings is 1. The first-order valence-electron chi connectivity index (χ1n) is 12.2. The predicted octanol–water partition coefficient (Wildman–Crippen LogP) is 6.09. The Hall–Kier alpha value is -4.89. The van der Waals surface area contributed by atoms with E-state index >= 15 is 0 Å². The van der Waals surface area contributed by atoms with Crippen molar-refractivity contribution >= 4 is 45.0 Å². The first-order valence-corrected chi connectivity index (χ1v) is 13.0. The van der Waals surface area contributed by atoms with E-state index in [0.717, 1.165) is 27.1 Å². The largest absolute Gasteiger partial charge is 0.313 e. The Bertz CT molecular complexity index is 1900. The maximum Gasteiger partial charge on any atom is 0.281 e. The number of carbonyl (C=O) groups excluding carboxylic acids is 2. The summed E-state index contributed by atoms with van der Waals surface area (Å²) in [5.74, 6) is -0.973. The normalized spacial score (nSPS) is 11.6. The molecule has 0 radical (unpaired) electrons. The van der Waals surface area contributed by atoms with E-state index < -0.39 is 5.82 Å². The van der Waals surface area contributed by atoms with Gasteiger partial charge in [-0.05, 0) is 74.0 Å². The van der Waals surface area contributed by atoms with Crippen LogP contribution in [0.4, 0.5) is 4.39 Å². The zero-order valence-corrected chi connectivity index (χ0v) is 21.9. The van der Waals surface area contributed by atoms with E-state index in [0.29, 0.717) is 27.3 Å². The molecule has 0 spiro atoms. The highest BCUT2D eigenvalue weighted by Crippen LogP contribution is 2.30. The van der Waals surface area contributed by atoms with Crippen LogP contribution in [-0.4, -0.2) is 32.1 Å². The monoisotopic (exact) mass is 535 g/mol. The van der Waals surface area contributed by atoms with Gasteiger partial charge in [0.05, 0.1) is 33.7 Å². The van der Waals surface area contributed by atoms with Gasteiger partial charge in [0.15, 0.2) is 0 Å². The molecule has 0 saturated carbocycles. The molecule has 192 valence electrons.